The van der Waals surface area contributed by atoms with Crippen molar-refractivity contribution in [3.8, 4) is 11.4 Å². The molecule has 1 saturated carbocycles. The topological polar surface area (TPSA) is 109 Å². The molecule has 3 heterocycles. The monoisotopic (exact) mass is 434 g/mol. The summed E-state index contributed by atoms with van der Waals surface area (Å²) < 4.78 is 40.3. The van der Waals surface area contributed by atoms with Crippen LogP contribution in [-0.2, 0) is 6.18 Å². The van der Waals surface area contributed by atoms with Crippen LogP contribution in [0.15, 0.2) is 36.7 Å². The minimum atomic E-state index is -4.47. The molecule has 1 aliphatic rings. The van der Waals surface area contributed by atoms with Crippen LogP contribution in [0.2, 0.25) is 0 Å². The number of hydrogen-bond acceptors (Lipinski definition) is 7. The van der Waals surface area contributed by atoms with E-state index in [4.69, 9.17) is 0 Å². The Kier molecular flexibility index (Phi) is 5.63. The second kappa shape index (κ2) is 8.23. The van der Waals surface area contributed by atoms with Crippen LogP contribution in [0.4, 0.5) is 24.8 Å². The van der Waals surface area contributed by atoms with Crippen molar-refractivity contribution in [1.29, 1.82) is 0 Å². The maximum Gasteiger partial charge on any atom is 0.416 e. The SMILES string of the molecule is Cc1cc(Nc2cc(C(F)(F)F)ccn2)nc(-c2cn(C3CCCC(O)C3O)nn2)c1. The van der Waals surface area contributed by atoms with Gasteiger partial charge in [0.1, 0.15) is 23.4 Å². The number of nitrogens with zero attached hydrogens (tertiary/aromatic N) is 5. The summed E-state index contributed by atoms with van der Waals surface area (Å²) in [5.74, 6) is 0.325. The molecule has 0 saturated heterocycles. The van der Waals surface area contributed by atoms with E-state index in [9.17, 15) is 23.4 Å². The number of pyridine rings is 2. The molecular weight excluding hydrogens is 413 g/mol. The van der Waals surface area contributed by atoms with Gasteiger partial charge in [0.15, 0.2) is 0 Å². The molecular formula is C20H21F3N6O2. The van der Waals surface area contributed by atoms with Crippen LogP contribution in [0.5, 0.6) is 0 Å². The zero-order chi connectivity index (χ0) is 22.2. The molecule has 0 aliphatic heterocycles. The molecule has 3 aromatic heterocycles. The highest BCUT2D eigenvalue weighted by atomic mass is 19.4. The summed E-state index contributed by atoms with van der Waals surface area (Å²) in [5.41, 5.74) is 0.902. The van der Waals surface area contributed by atoms with E-state index in [1.54, 1.807) is 18.3 Å². The smallest absolute Gasteiger partial charge is 0.390 e. The molecule has 0 bridgehead atoms. The van der Waals surface area contributed by atoms with Crippen molar-refractivity contribution < 1.29 is 23.4 Å². The lowest BCUT2D eigenvalue weighted by molar-refractivity contribution is -0.137. The minimum Gasteiger partial charge on any atom is -0.390 e. The highest BCUT2D eigenvalue weighted by Gasteiger charge is 2.33. The summed E-state index contributed by atoms with van der Waals surface area (Å²) in [6.07, 6.45) is -1.53. The summed E-state index contributed by atoms with van der Waals surface area (Å²) in [5, 5.41) is 31.2. The average Bonchev–Trinajstić information content (AvgIpc) is 3.19. The fourth-order valence-corrected chi connectivity index (χ4v) is 3.65. The van der Waals surface area contributed by atoms with Crippen LogP contribution < -0.4 is 5.32 Å². The first-order chi connectivity index (χ1) is 14.7. The van der Waals surface area contributed by atoms with Crippen molar-refractivity contribution in [2.45, 2.75) is 50.6 Å². The van der Waals surface area contributed by atoms with Crippen LogP contribution >= 0.6 is 0 Å². The molecule has 3 aromatic rings. The quantitative estimate of drug-likeness (QED) is 0.578. The lowest BCUT2D eigenvalue weighted by Crippen LogP contribution is -2.38. The summed E-state index contributed by atoms with van der Waals surface area (Å²) in [6.45, 7) is 1.82. The van der Waals surface area contributed by atoms with Crippen molar-refractivity contribution in [3.63, 3.8) is 0 Å². The first kappa shape index (κ1) is 21.2. The molecule has 1 fully saturated rings. The number of hydrogen-bond donors (Lipinski definition) is 3. The van der Waals surface area contributed by atoms with Gasteiger partial charge < -0.3 is 15.5 Å². The second-order valence-electron chi connectivity index (χ2n) is 7.61. The summed E-state index contributed by atoms with van der Waals surface area (Å²) in [4.78, 5) is 8.35. The van der Waals surface area contributed by atoms with E-state index in [0.717, 1.165) is 30.3 Å². The number of rotatable bonds is 4. The molecule has 1 aliphatic carbocycles. The molecule has 8 nitrogen and oxygen atoms in total. The van der Waals surface area contributed by atoms with Gasteiger partial charge in [-0.1, -0.05) is 5.21 Å². The van der Waals surface area contributed by atoms with Crippen molar-refractivity contribution in [3.05, 3.63) is 47.8 Å². The number of anilines is 2. The van der Waals surface area contributed by atoms with Gasteiger partial charge in [0.2, 0.25) is 0 Å². The van der Waals surface area contributed by atoms with Gasteiger partial charge in [-0.15, -0.1) is 5.10 Å². The molecule has 3 unspecified atom stereocenters. The molecule has 3 N–H and O–H groups in total. The lowest BCUT2D eigenvalue weighted by Gasteiger charge is -2.31. The average molecular weight is 434 g/mol. The van der Waals surface area contributed by atoms with Gasteiger partial charge in [-0.05, 0) is 56.0 Å². The Hall–Kier alpha value is -3.05. The van der Waals surface area contributed by atoms with Gasteiger partial charge in [0.25, 0.3) is 0 Å². The number of nitrogens with one attached hydrogen (secondary N) is 1. The van der Waals surface area contributed by atoms with Crippen LogP contribution in [0.1, 0.15) is 36.4 Å². The Morgan fingerprint density at radius 3 is 2.68 bits per heavy atom. The van der Waals surface area contributed by atoms with E-state index in [-0.39, 0.29) is 11.9 Å². The van der Waals surface area contributed by atoms with E-state index in [2.05, 4.69) is 25.6 Å². The van der Waals surface area contributed by atoms with E-state index in [0.29, 0.717) is 30.0 Å². The molecule has 11 heteroatoms. The molecule has 164 valence electrons. The normalized spacial score (nSPS) is 21.8. The van der Waals surface area contributed by atoms with Crippen molar-refractivity contribution >= 4 is 11.6 Å². The number of alkyl halides is 3. The first-order valence-electron chi connectivity index (χ1n) is 9.78. The predicted octanol–water partition coefficient (Wildman–Crippen LogP) is 3.25. The van der Waals surface area contributed by atoms with Gasteiger partial charge in [-0.3, -0.25) is 0 Å². The summed E-state index contributed by atoms with van der Waals surface area (Å²) >= 11 is 0. The molecule has 0 radical (unpaired) electrons. The predicted molar refractivity (Wildman–Crippen MR) is 105 cm³/mol. The largest absolute Gasteiger partial charge is 0.416 e. The van der Waals surface area contributed by atoms with Crippen LogP contribution in [-0.4, -0.2) is 47.4 Å². The molecule has 0 amide bonds. The standard InChI is InChI=1S/C20H21F3N6O2/c1-11-7-13(14-10-29(28-27-14)15-3-2-4-16(30)19(15)31)25-18(8-11)26-17-9-12(5-6-24-17)20(21,22)23/h5-10,15-16,19,30-31H,2-4H2,1H3,(H,24,25,26). The van der Waals surface area contributed by atoms with Crippen molar-refractivity contribution in [1.82, 2.24) is 25.0 Å². The van der Waals surface area contributed by atoms with E-state index in [1.807, 2.05) is 6.92 Å². The molecule has 4 rings (SSSR count). The maximum atomic E-state index is 12.9. The molecule has 0 spiro atoms. The van der Waals surface area contributed by atoms with E-state index >= 15 is 0 Å². The fourth-order valence-electron chi connectivity index (χ4n) is 3.65. The van der Waals surface area contributed by atoms with Gasteiger partial charge in [0.05, 0.1) is 29.6 Å². The third-order valence-corrected chi connectivity index (χ3v) is 5.21. The van der Waals surface area contributed by atoms with Crippen LogP contribution in [0.25, 0.3) is 11.4 Å². The Balaban J connectivity index is 1.59. The third-order valence-electron chi connectivity index (χ3n) is 5.21. The molecule has 0 aromatic carbocycles. The molecule has 31 heavy (non-hydrogen) atoms. The highest BCUT2D eigenvalue weighted by Crippen LogP contribution is 2.31. The zero-order valence-corrected chi connectivity index (χ0v) is 16.6. The maximum absolute atomic E-state index is 12.9. The fraction of sp³-hybridized carbons (Fsp3) is 0.400. The number of aliphatic hydroxyl groups excluding tert-OH is 2. The number of aryl methyl sites for hydroxylation is 1. The van der Waals surface area contributed by atoms with Gasteiger partial charge in [-0.25, -0.2) is 14.6 Å². The van der Waals surface area contributed by atoms with Crippen LogP contribution in [0, 0.1) is 6.92 Å². The summed E-state index contributed by atoms with van der Waals surface area (Å²) in [7, 11) is 0. The summed E-state index contributed by atoms with van der Waals surface area (Å²) in [6, 6.07) is 4.87. The van der Waals surface area contributed by atoms with E-state index in [1.165, 1.54) is 4.68 Å². The van der Waals surface area contributed by atoms with E-state index < -0.39 is 23.9 Å². The van der Waals surface area contributed by atoms with Gasteiger partial charge in [-0.2, -0.15) is 13.2 Å². The van der Waals surface area contributed by atoms with Crippen LogP contribution in [0.3, 0.4) is 0 Å². The Bertz CT molecular complexity index is 1070. The number of halogens is 3. The first-order valence-corrected chi connectivity index (χ1v) is 9.78. The lowest BCUT2D eigenvalue weighted by atomic mass is 9.90. The Labute approximate surface area is 175 Å². The highest BCUT2D eigenvalue weighted by molar-refractivity contribution is 5.61. The van der Waals surface area contributed by atoms with Gasteiger partial charge in [0, 0.05) is 6.20 Å². The Morgan fingerprint density at radius 1 is 1.10 bits per heavy atom. The number of aromatic nitrogens is 5. The Morgan fingerprint density at radius 2 is 1.90 bits per heavy atom. The van der Waals surface area contributed by atoms with Crippen molar-refractivity contribution in [2.24, 2.45) is 0 Å². The third kappa shape index (κ3) is 4.67. The number of aliphatic hydroxyl groups is 2. The zero-order valence-electron chi connectivity index (χ0n) is 16.6. The minimum absolute atomic E-state index is 0.0156. The second-order valence-corrected chi connectivity index (χ2v) is 7.61. The molecule has 3 atom stereocenters. The van der Waals surface area contributed by atoms with Gasteiger partial charge >= 0.3 is 6.18 Å². The van der Waals surface area contributed by atoms with Crippen molar-refractivity contribution in [2.75, 3.05) is 5.32 Å².